The molecule has 2 N–H and O–H groups in total. The summed E-state index contributed by atoms with van der Waals surface area (Å²) in [7, 11) is 1.38. The Morgan fingerprint density at radius 2 is 2.14 bits per heavy atom. The lowest BCUT2D eigenvalue weighted by Crippen LogP contribution is -2.31. The number of H-pyrrole nitrogens is 1. The highest BCUT2D eigenvalue weighted by atomic mass is 19.1. The first-order valence-corrected chi connectivity index (χ1v) is 5.82. The lowest BCUT2D eigenvalue weighted by molar-refractivity contribution is 0.0696. The van der Waals surface area contributed by atoms with Crippen LogP contribution in [0.25, 0.3) is 0 Å². The largest absolute Gasteiger partial charge is 0.496 e. The third-order valence-electron chi connectivity index (χ3n) is 2.84. The number of carbonyl (C=O) groups is 1. The molecule has 2 rings (SSSR count). The summed E-state index contributed by atoms with van der Waals surface area (Å²) in [5.41, 5.74) is -1.54. The number of rotatable bonds is 4. The molecule has 110 valence electrons. The molecule has 0 aliphatic heterocycles. The van der Waals surface area contributed by atoms with E-state index in [0.29, 0.717) is 11.3 Å². The van der Waals surface area contributed by atoms with Crippen molar-refractivity contribution < 1.29 is 19.0 Å². The average Bonchev–Trinajstić information content (AvgIpc) is 2.44. The third kappa shape index (κ3) is 2.99. The van der Waals surface area contributed by atoms with Crippen LogP contribution in [0.1, 0.15) is 15.9 Å². The molecular formula is C13H11FN2O5. The standard InChI is InChI=1S/C13H11FN2O5/c1-21-10-3-2-7(12(18)19)4-8(10)5-16-6-9(14)11(17)15-13(16)20/h2-4,6H,5H2,1H3,(H,18,19)(H,15,17,20). The Bertz CT molecular complexity index is 809. The van der Waals surface area contributed by atoms with Crippen LogP contribution in [-0.4, -0.2) is 27.7 Å². The summed E-state index contributed by atoms with van der Waals surface area (Å²) in [6.45, 7) is -0.142. The van der Waals surface area contributed by atoms with Crippen molar-refractivity contribution >= 4 is 5.97 Å². The molecule has 0 atom stereocenters. The quantitative estimate of drug-likeness (QED) is 0.851. The molecule has 0 aliphatic carbocycles. The van der Waals surface area contributed by atoms with Crippen LogP contribution in [0.5, 0.6) is 5.75 Å². The second-order valence-electron chi connectivity index (χ2n) is 4.20. The Morgan fingerprint density at radius 1 is 1.43 bits per heavy atom. The van der Waals surface area contributed by atoms with Gasteiger partial charge in [0.05, 0.1) is 25.4 Å². The number of carboxylic acid groups (broad SMARTS) is 1. The number of methoxy groups -OCH3 is 1. The third-order valence-corrected chi connectivity index (χ3v) is 2.84. The van der Waals surface area contributed by atoms with E-state index >= 15 is 0 Å². The van der Waals surface area contributed by atoms with Gasteiger partial charge in [-0.2, -0.15) is 4.39 Å². The first-order valence-electron chi connectivity index (χ1n) is 5.82. The SMILES string of the molecule is COc1ccc(C(=O)O)cc1Cn1cc(F)c(=O)[nH]c1=O. The molecule has 1 aromatic carbocycles. The molecule has 0 bridgehead atoms. The number of benzene rings is 1. The van der Waals surface area contributed by atoms with Gasteiger partial charge in [-0.25, -0.2) is 9.59 Å². The summed E-state index contributed by atoms with van der Waals surface area (Å²) in [4.78, 5) is 35.3. The van der Waals surface area contributed by atoms with Crippen molar-refractivity contribution in [3.05, 3.63) is 62.2 Å². The van der Waals surface area contributed by atoms with E-state index in [1.807, 2.05) is 4.98 Å². The number of nitrogens with one attached hydrogen (secondary N) is 1. The maximum atomic E-state index is 13.2. The Morgan fingerprint density at radius 3 is 2.76 bits per heavy atom. The fraction of sp³-hybridized carbons (Fsp3) is 0.154. The molecule has 0 aliphatic rings. The average molecular weight is 294 g/mol. The Kier molecular flexibility index (Phi) is 3.88. The van der Waals surface area contributed by atoms with Crippen LogP contribution in [0.15, 0.2) is 34.0 Å². The zero-order valence-electron chi connectivity index (χ0n) is 10.9. The van der Waals surface area contributed by atoms with Crippen molar-refractivity contribution in [2.24, 2.45) is 0 Å². The van der Waals surface area contributed by atoms with Crippen LogP contribution in [0.2, 0.25) is 0 Å². The van der Waals surface area contributed by atoms with Gasteiger partial charge in [-0.15, -0.1) is 0 Å². The number of aromatic nitrogens is 2. The van der Waals surface area contributed by atoms with Gasteiger partial charge in [-0.3, -0.25) is 14.3 Å². The number of hydrogen-bond acceptors (Lipinski definition) is 4. The molecule has 0 amide bonds. The second-order valence-corrected chi connectivity index (χ2v) is 4.20. The highest BCUT2D eigenvalue weighted by molar-refractivity contribution is 5.88. The summed E-state index contributed by atoms with van der Waals surface area (Å²) < 4.78 is 19.2. The molecule has 0 radical (unpaired) electrons. The normalized spacial score (nSPS) is 10.4. The molecule has 21 heavy (non-hydrogen) atoms. The van der Waals surface area contributed by atoms with Crippen LogP contribution in [0, 0.1) is 5.82 Å². The number of hydrogen-bond donors (Lipinski definition) is 2. The van der Waals surface area contributed by atoms with E-state index in [1.165, 1.54) is 25.3 Å². The number of halogens is 1. The molecule has 0 unspecified atom stereocenters. The van der Waals surface area contributed by atoms with Gasteiger partial charge >= 0.3 is 11.7 Å². The van der Waals surface area contributed by atoms with E-state index in [0.717, 1.165) is 10.8 Å². The van der Waals surface area contributed by atoms with Crippen LogP contribution in [-0.2, 0) is 6.54 Å². The molecule has 0 spiro atoms. The highest BCUT2D eigenvalue weighted by Crippen LogP contribution is 2.20. The summed E-state index contributed by atoms with van der Waals surface area (Å²) in [6, 6.07) is 4.10. The van der Waals surface area contributed by atoms with Gasteiger partial charge < -0.3 is 9.84 Å². The zero-order valence-corrected chi connectivity index (χ0v) is 10.9. The van der Waals surface area contributed by atoms with Gasteiger partial charge in [0.2, 0.25) is 5.82 Å². The second kappa shape index (κ2) is 5.61. The summed E-state index contributed by atoms with van der Waals surface area (Å²) >= 11 is 0. The van der Waals surface area contributed by atoms with Gasteiger partial charge in [0, 0.05) is 5.56 Å². The maximum Gasteiger partial charge on any atom is 0.335 e. The van der Waals surface area contributed by atoms with E-state index in [1.54, 1.807) is 0 Å². The van der Waals surface area contributed by atoms with Gasteiger partial charge in [0.25, 0.3) is 5.56 Å². The highest BCUT2D eigenvalue weighted by Gasteiger charge is 2.11. The van der Waals surface area contributed by atoms with Crippen LogP contribution in [0.3, 0.4) is 0 Å². The van der Waals surface area contributed by atoms with E-state index in [4.69, 9.17) is 9.84 Å². The molecule has 7 nitrogen and oxygen atoms in total. The van der Waals surface area contributed by atoms with Crippen LogP contribution in [0.4, 0.5) is 4.39 Å². The molecule has 0 saturated carbocycles. The molecular weight excluding hydrogens is 283 g/mol. The minimum Gasteiger partial charge on any atom is -0.496 e. The van der Waals surface area contributed by atoms with E-state index in [-0.39, 0.29) is 12.1 Å². The van der Waals surface area contributed by atoms with E-state index in [9.17, 15) is 18.8 Å². The first-order chi connectivity index (χ1) is 9.92. The zero-order chi connectivity index (χ0) is 15.6. The lowest BCUT2D eigenvalue weighted by Gasteiger charge is -2.11. The minimum absolute atomic E-state index is 0.00347. The van der Waals surface area contributed by atoms with Crippen molar-refractivity contribution in [1.29, 1.82) is 0 Å². The Labute approximate surface area is 117 Å². The van der Waals surface area contributed by atoms with Crippen LogP contribution < -0.4 is 16.0 Å². The molecule has 0 saturated heterocycles. The number of ether oxygens (including phenoxy) is 1. The number of carboxylic acids is 1. The van der Waals surface area contributed by atoms with Crippen molar-refractivity contribution in [2.75, 3.05) is 7.11 Å². The predicted octanol–water partition coefficient (Wildman–Crippen LogP) is 0.431. The van der Waals surface area contributed by atoms with Crippen molar-refractivity contribution in [2.45, 2.75) is 6.54 Å². The molecule has 1 heterocycles. The Hall–Kier alpha value is -2.90. The molecule has 8 heteroatoms. The van der Waals surface area contributed by atoms with Crippen molar-refractivity contribution in [1.82, 2.24) is 9.55 Å². The molecule has 2 aromatic rings. The molecule has 0 fully saturated rings. The summed E-state index contributed by atoms with van der Waals surface area (Å²) in [5, 5.41) is 8.96. The van der Waals surface area contributed by atoms with E-state index < -0.39 is 23.0 Å². The number of aromatic carboxylic acids is 1. The lowest BCUT2D eigenvalue weighted by atomic mass is 10.1. The van der Waals surface area contributed by atoms with Gasteiger partial charge in [-0.05, 0) is 18.2 Å². The number of nitrogens with zero attached hydrogens (tertiary/aromatic N) is 1. The fourth-order valence-electron chi connectivity index (χ4n) is 1.82. The monoisotopic (exact) mass is 294 g/mol. The molecule has 1 aromatic heterocycles. The van der Waals surface area contributed by atoms with Crippen LogP contribution >= 0.6 is 0 Å². The number of aromatic amines is 1. The Balaban J connectivity index is 2.50. The smallest absolute Gasteiger partial charge is 0.335 e. The topological polar surface area (TPSA) is 101 Å². The summed E-state index contributed by atoms with van der Waals surface area (Å²) in [6.07, 6.45) is 0.758. The van der Waals surface area contributed by atoms with Crippen molar-refractivity contribution in [3.8, 4) is 5.75 Å². The maximum absolute atomic E-state index is 13.2. The van der Waals surface area contributed by atoms with Gasteiger partial charge in [0.1, 0.15) is 5.75 Å². The fourth-order valence-corrected chi connectivity index (χ4v) is 1.82. The van der Waals surface area contributed by atoms with Gasteiger partial charge in [-0.1, -0.05) is 0 Å². The minimum atomic E-state index is -1.14. The summed E-state index contributed by atoms with van der Waals surface area (Å²) in [5.74, 6) is -1.90. The van der Waals surface area contributed by atoms with Crippen molar-refractivity contribution in [3.63, 3.8) is 0 Å². The van der Waals surface area contributed by atoms with E-state index in [2.05, 4.69) is 0 Å². The first kappa shape index (κ1) is 14.5. The van der Waals surface area contributed by atoms with Gasteiger partial charge in [0.15, 0.2) is 0 Å². The predicted molar refractivity (Wildman–Crippen MR) is 70.3 cm³/mol.